The molecule has 6 nitrogen and oxygen atoms in total. The number of rotatable bonds is 8. The Kier molecular flexibility index (Phi) is 7.02. The molecule has 1 amide bonds. The van der Waals surface area contributed by atoms with Crippen molar-refractivity contribution >= 4 is 33.2 Å². The van der Waals surface area contributed by atoms with Crippen LogP contribution in [0.1, 0.15) is 12.0 Å². The number of nitrogens with zero attached hydrogens (tertiary/aromatic N) is 1. The summed E-state index contributed by atoms with van der Waals surface area (Å²) in [6.45, 7) is 0.279. The van der Waals surface area contributed by atoms with Crippen LogP contribution in [0.25, 0.3) is 0 Å². The molecule has 1 N–H and O–H groups in total. The number of benzene rings is 2. The van der Waals surface area contributed by atoms with Gasteiger partial charge in [-0.3, -0.25) is 4.79 Å². The minimum atomic E-state index is -3.45. The van der Waals surface area contributed by atoms with Crippen molar-refractivity contribution in [1.29, 1.82) is 0 Å². The van der Waals surface area contributed by atoms with E-state index in [9.17, 15) is 13.2 Å². The fourth-order valence-electron chi connectivity index (χ4n) is 2.28. The number of ether oxygens (including phenoxy) is 1. The van der Waals surface area contributed by atoms with E-state index in [1.807, 2.05) is 0 Å². The quantitative estimate of drug-likeness (QED) is 0.743. The molecular formula is C18H21ClN2O4S. The van der Waals surface area contributed by atoms with Crippen LogP contribution in [0.15, 0.2) is 48.5 Å². The number of methoxy groups -OCH3 is 1. The Morgan fingerprint density at radius 3 is 2.27 bits per heavy atom. The van der Waals surface area contributed by atoms with Crippen molar-refractivity contribution in [2.75, 3.05) is 25.2 Å². The van der Waals surface area contributed by atoms with E-state index >= 15 is 0 Å². The normalized spacial score (nSPS) is 11.4. The van der Waals surface area contributed by atoms with Gasteiger partial charge in [-0.05, 0) is 42.0 Å². The van der Waals surface area contributed by atoms with Crippen molar-refractivity contribution in [1.82, 2.24) is 4.31 Å². The molecule has 8 heteroatoms. The van der Waals surface area contributed by atoms with Crippen molar-refractivity contribution in [2.24, 2.45) is 0 Å². The SMILES string of the molecule is COc1ccc(CN(CCC(=O)Nc2ccc(Cl)cc2)S(C)(=O)=O)cc1. The fourth-order valence-corrected chi connectivity index (χ4v) is 3.21. The van der Waals surface area contributed by atoms with Crippen LogP contribution in [0.2, 0.25) is 5.02 Å². The number of hydrogen-bond donors (Lipinski definition) is 1. The van der Waals surface area contributed by atoms with Crippen molar-refractivity contribution in [2.45, 2.75) is 13.0 Å². The smallest absolute Gasteiger partial charge is 0.225 e. The number of hydrogen-bond acceptors (Lipinski definition) is 4. The van der Waals surface area contributed by atoms with Gasteiger partial charge in [0.05, 0.1) is 13.4 Å². The molecule has 0 aliphatic rings. The number of carbonyl (C=O) groups excluding carboxylic acids is 1. The van der Waals surface area contributed by atoms with Crippen LogP contribution in [0.4, 0.5) is 5.69 Å². The molecule has 26 heavy (non-hydrogen) atoms. The van der Waals surface area contributed by atoms with Gasteiger partial charge in [-0.15, -0.1) is 0 Å². The van der Waals surface area contributed by atoms with E-state index in [2.05, 4.69) is 5.32 Å². The minimum absolute atomic E-state index is 0.0475. The van der Waals surface area contributed by atoms with Crippen LogP contribution in [0, 0.1) is 0 Å². The van der Waals surface area contributed by atoms with Crippen LogP contribution in [-0.2, 0) is 21.4 Å². The Labute approximate surface area is 158 Å². The van der Waals surface area contributed by atoms with E-state index in [1.165, 1.54) is 4.31 Å². The van der Waals surface area contributed by atoms with E-state index < -0.39 is 10.0 Å². The zero-order valence-electron chi connectivity index (χ0n) is 14.6. The third-order valence-corrected chi connectivity index (χ3v) is 5.20. The Balaban J connectivity index is 1.96. The van der Waals surface area contributed by atoms with Gasteiger partial charge in [-0.1, -0.05) is 23.7 Å². The highest BCUT2D eigenvalue weighted by molar-refractivity contribution is 7.88. The molecule has 0 fully saturated rings. The van der Waals surface area contributed by atoms with E-state index in [0.29, 0.717) is 16.5 Å². The molecule has 2 aromatic rings. The summed E-state index contributed by atoms with van der Waals surface area (Å²) in [5.74, 6) is 0.428. The second-order valence-corrected chi connectivity index (χ2v) is 8.17. The lowest BCUT2D eigenvalue weighted by atomic mass is 10.2. The Morgan fingerprint density at radius 2 is 1.73 bits per heavy atom. The van der Waals surface area contributed by atoms with Gasteiger partial charge < -0.3 is 10.1 Å². The molecule has 0 radical (unpaired) electrons. The minimum Gasteiger partial charge on any atom is -0.497 e. The summed E-state index contributed by atoms with van der Waals surface area (Å²) in [6.07, 6.45) is 1.18. The van der Waals surface area contributed by atoms with Crippen LogP contribution >= 0.6 is 11.6 Å². The summed E-state index contributed by atoms with van der Waals surface area (Å²) in [5.41, 5.74) is 1.43. The van der Waals surface area contributed by atoms with Gasteiger partial charge in [0.2, 0.25) is 15.9 Å². The van der Waals surface area contributed by atoms with Gasteiger partial charge in [0.25, 0.3) is 0 Å². The molecule has 0 saturated carbocycles. The molecule has 0 spiro atoms. The molecule has 140 valence electrons. The number of amides is 1. The maximum absolute atomic E-state index is 12.1. The molecule has 0 heterocycles. The summed E-state index contributed by atoms with van der Waals surface area (Å²) < 4.78 is 30.4. The first-order valence-electron chi connectivity index (χ1n) is 7.91. The average molecular weight is 397 g/mol. The number of carbonyl (C=O) groups is 1. The lowest BCUT2D eigenvalue weighted by Gasteiger charge is -2.20. The first-order chi connectivity index (χ1) is 12.3. The average Bonchev–Trinajstić information content (AvgIpc) is 2.60. The van der Waals surface area contributed by atoms with Crippen molar-refractivity contribution in [3.63, 3.8) is 0 Å². The predicted octanol–water partition coefficient (Wildman–Crippen LogP) is 3.14. The number of sulfonamides is 1. The Bertz CT molecular complexity index is 836. The molecule has 0 aromatic heterocycles. The molecule has 0 unspecified atom stereocenters. The fraction of sp³-hybridized carbons (Fsp3) is 0.278. The first-order valence-corrected chi connectivity index (χ1v) is 10.1. The van der Waals surface area contributed by atoms with Crippen molar-refractivity contribution in [3.05, 3.63) is 59.1 Å². The third kappa shape index (κ3) is 6.33. The van der Waals surface area contributed by atoms with E-state index in [1.54, 1.807) is 55.6 Å². The zero-order valence-corrected chi connectivity index (χ0v) is 16.2. The van der Waals surface area contributed by atoms with E-state index in [-0.39, 0.29) is 25.4 Å². The molecule has 2 rings (SSSR count). The molecule has 2 aromatic carbocycles. The lowest BCUT2D eigenvalue weighted by Crippen LogP contribution is -2.32. The second-order valence-electron chi connectivity index (χ2n) is 5.75. The summed E-state index contributed by atoms with van der Waals surface area (Å²) in [7, 11) is -1.88. The summed E-state index contributed by atoms with van der Waals surface area (Å²) in [4.78, 5) is 12.1. The zero-order chi connectivity index (χ0) is 19.2. The van der Waals surface area contributed by atoms with Crippen molar-refractivity contribution in [3.8, 4) is 5.75 Å². The summed E-state index contributed by atoms with van der Waals surface area (Å²) in [6, 6.07) is 13.8. The highest BCUT2D eigenvalue weighted by Gasteiger charge is 2.18. The van der Waals surface area contributed by atoms with Gasteiger partial charge >= 0.3 is 0 Å². The maximum Gasteiger partial charge on any atom is 0.225 e. The van der Waals surface area contributed by atoms with Gasteiger partial charge in [-0.25, -0.2) is 8.42 Å². The Morgan fingerprint density at radius 1 is 1.12 bits per heavy atom. The van der Waals surface area contributed by atoms with Gasteiger partial charge in [0.15, 0.2) is 0 Å². The topological polar surface area (TPSA) is 75.7 Å². The van der Waals surface area contributed by atoms with E-state index in [0.717, 1.165) is 11.8 Å². The number of anilines is 1. The Hall–Kier alpha value is -2.09. The van der Waals surface area contributed by atoms with Gasteiger partial charge in [0, 0.05) is 30.2 Å². The van der Waals surface area contributed by atoms with Crippen molar-refractivity contribution < 1.29 is 17.9 Å². The molecule has 0 bridgehead atoms. The summed E-state index contributed by atoms with van der Waals surface area (Å²) >= 11 is 5.80. The first kappa shape index (κ1) is 20.2. The van der Waals surface area contributed by atoms with Crippen LogP contribution < -0.4 is 10.1 Å². The largest absolute Gasteiger partial charge is 0.497 e. The standard InChI is InChI=1S/C18H21ClN2O4S/c1-25-17-9-3-14(4-10-17)13-21(26(2,23)24)12-11-18(22)20-16-7-5-15(19)6-8-16/h3-10H,11-13H2,1-2H3,(H,20,22). The highest BCUT2D eigenvalue weighted by atomic mass is 35.5. The van der Waals surface area contributed by atoms with E-state index in [4.69, 9.17) is 16.3 Å². The molecule has 0 atom stereocenters. The van der Waals surface area contributed by atoms with Crippen LogP contribution in [0.3, 0.4) is 0 Å². The monoisotopic (exact) mass is 396 g/mol. The third-order valence-electron chi connectivity index (χ3n) is 3.70. The summed E-state index contributed by atoms with van der Waals surface area (Å²) in [5, 5.41) is 3.29. The highest BCUT2D eigenvalue weighted by Crippen LogP contribution is 2.16. The molecular weight excluding hydrogens is 376 g/mol. The van der Waals surface area contributed by atoms with Gasteiger partial charge in [0.1, 0.15) is 5.75 Å². The molecule has 0 aliphatic carbocycles. The molecule has 0 saturated heterocycles. The molecule has 0 aliphatic heterocycles. The number of nitrogens with one attached hydrogen (secondary N) is 1. The van der Waals surface area contributed by atoms with Crippen LogP contribution in [-0.4, -0.2) is 38.5 Å². The lowest BCUT2D eigenvalue weighted by molar-refractivity contribution is -0.116. The van der Waals surface area contributed by atoms with Gasteiger partial charge in [-0.2, -0.15) is 4.31 Å². The second kappa shape index (κ2) is 9.02. The maximum atomic E-state index is 12.1. The predicted molar refractivity (Wildman–Crippen MR) is 103 cm³/mol. The van der Waals surface area contributed by atoms with Crippen LogP contribution in [0.5, 0.6) is 5.75 Å². The number of halogens is 1.